The number of hydrogen-bond acceptors (Lipinski definition) is 3. The highest BCUT2D eigenvalue weighted by atomic mass is 16.2. The summed E-state index contributed by atoms with van der Waals surface area (Å²) in [7, 11) is 0. The van der Waals surface area contributed by atoms with Crippen LogP contribution in [0.5, 0.6) is 0 Å². The third-order valence-electron chi connectivity index (χ3n) is 2.21. The van der Waals surface area contributed by atoms with Gasteiger partial charge in [-0.2, -0.15) is 4.98 Å². The zero-order valence-electron chi connectivity index (χ0n) is 9.41. The van der Waals surface area contributed by atoms with Crippen LogP contribution in [0.2, 0.25) is 0 Å². The summed E-state index contributed by atoms with van der Waals surface area (Å²) in [5.41, 5.74) is 1.14. The highest BCUT2D eigenvalue weighted by Gasteiger charge is 2.07. The Morgan fingerprint density at radius 2 is 2.13 bits per heavy atom. The van der Waals surface area contributed by atoms with E-state index in [0.29, 0.717) is 12.1 Å². The molecule has 1 aromatic rings. The van der Waals surface area contributed by atoms with Crippen molar-refractivity contribution in [3.8, 4) is 0 Å². The average molecular weight is 208 g/mol. The fraction of sp³-hybridized carbons (Fsp3) is 0.545. The summed E-state index contributed by atoms with van der Waals surface area (Å²) in [6, 6.07) is 1.81. The molecule has 0 atom stereocenters. The predicted octanol–water partition coefficient (Wildman–Crippen LogP) is 1.23. The van der Waals surface area contributed by atoms with Crippen molar-refractivity contribution in [3.05, 3.63) is 27.9 Å². The van der Waals surface area contributed by atoms with Crippen molar-refractivity contribution in [3.63, 3.8) is 0 Å². The average Bonchev–Trinajstić information content (AvgIpc) is 2.11. The first-order chi connectivity index (χ1) is 7.04. The van der Waals surface area contributed by atoms with Crippen LogP contribution < -0.4 is 5.69 Å². The zero-order chi connectivity index (χ0) is 11.4. The highest BCUT2D eigenvalue weighted by Crippen LogP contribution is 1.99. The molecule has 4 nitrogen and oxygen atoms in total. The monoisotopic (exact) mass is 208 g/mol. The zero-order valence-corrected chi connectivity index (χ0v) is 9.41. The maximum atomic E-state index is 11.5. The quantitative estimate of drug-likeness (QED) is 0.747. The van der Waals surface area contributed by atoms with Gasteiger partial charge in [-0.3, -0.25) is 9.36 Å². The minimum absolute atomic E-state index is 0.0772. The maximum Gasteiger partial charge on any atom is 0.348 e. The number of hydrogen-bond donors (Lipinski definition) is 0. The summed E-state index contributed by atoms with van der Waals surface area (Å²) in [6.45, 7) is 5.68. The fourth-order valence-corrected chi connectivity index (χ4v) is 1.50. The summed E-state index contributed by atoms with van der Waals surface area (Å²) in [4.78, 5) is 26.7. The number of aryl methyl sites for hydroxylation is 2. The van der Waals surface area contributed by atoms with Crippen LogP contribution in [0.25, 0.3) is 0 Å². The molecule has 0 fully saturated rings. The molecule has 0 aliphatic carbocycles. The molecule has 0 amide bonds. The van der Waals surface area contributed by atoms with Crippen molar-refractivity contribution in [2.75, 3.05) is 0 Å². The maximum absolute atomic E-state index is 11.5. The molecule has 0 aliphatic heterocycles. The van der Waals surface area contributed by atoms with Crippen molar-refractivity contribution in [1.82, 2.24) is 9.55 Å². The lowest BCUT2D eigenvalue weighted by atomic mass is 10.2. The van der Waals surface area contributed by atoms with Gasteiger partial charge in [0.2, 0.25) is 0 Å². The molecule has 0 bridgehead atoms. The second kappa shape index (κ2) is 4.87. The Kier molecular flexibility index (Phi) is 3.77. The number of nitrogens with zero attached hydrogens (tertiary/aromatic N) is 2. The van der Waals surface area contributed by atoms with Crippen molar-refractivity contribution in [1.29, 1.82) is 0 Å². The van der Waals surface area contributed by atoms with Gasteiger partial charge >= 0.3 is 5.69 Å². The summed E-state index contributed by atoms with van der Waals surface area (Å²) in [6.07, 6.45) is 1.33. The van der Waals surface area contributed by atoms with Gasteiger partial charge in [0.25, 0.3) is 0 Å². The van der Waals surface area contributed by atoms with E-state index in [2.05, 4.69) is 4.98 Å². The SMILES string of the molecule is CCCC(=O)Cn1c(C)cc(C)nc1=O. The van der Waals surface area contributed by atoms with Gasteiger partial charge in [0.1, 0.15) is 0 Å². The largest absolute Gasteiger partial charge is 0.348 e. The minimum Gasteiger partial charge on any atom is -0.298 e. The molecule has 4 heteroatoms. The van der Waals surface area contributed by atoms with Gasteiger partial charge in [0, 0.05) is 17.8 Å². The number of carbonyl (C=O) groups is 1. The van der Waals surface area contributed by atoms with Gasteiger partial charge < -0.3 is 0 Å². The van der Waals surface area contributed by atoms with Gasteiger partial charge in [-0.1, -0.05) is 6.92 Å². The van der Waals surface area contributed by atoms with Gasteiger partial charge in [-0.05, 0) is 26.3 Å². The van der Waals surface area contributed by atoms with E-state index in [9.17, 15) is 9.59 Å². The first kappa shape index (κ1) is 11.6. The Balaban J connectivity index is 2.95. The third kappa shape index (κ3) is 3.01. The van der Waals surface area contributed by atoms with Crippen LogP contribution in [0.4, 0.5) is 0 Å². The Bertz CT molecular complexity index is 421. The summed E-state index contributed by atoms with van der Waals surface area (Å²) >= 11 is 0. The molecule has 0 N–H and O–H groups in total. The van der Waals surface area contributed by atoms with Crippen LogP contribution in [0.15, 0.2) is 10.9 Å². The molecule has 1 rings (SSSR count). The van der Waals surface area contributed by atoms with Crippen LogP contribution in [-0.2, 0) is 11.3 Å². The fourth-order valence-electron chi connectivity index (χ4n) is 1.50. The molecule has 1 heterocycles. The Morgan fingerprint density at radius 3 is 2.67 bits per heavy atom. The van der Waals surface area contributed by atoms with E-state index in [4.69, 9.17) is 0 Å². The molecule has 1 aromatic heterocycles. The molecule has 0 radical (unpaired) electrons. The minimum atomic E-state index is -0.336. The van der Waals surface area contributed by atoms with Crippen LogP contribution in [-0.4, -0.2) is 15.3 Å². The number of aromatic nitrogens is 2. The van der Waals surface area contributed by atoms with Gasteiger partial charge in [0.05, 0.1) is 6.54 Å². The predicted molar refractivity (Wildman–Crippen MR) is 57.9 cm³/mol. The van der Waals surface area contributed by atoms with Crippen LogP contribution in [0.1, 0.15) is 31.2 Å². The topological polar surface area (TPSA) is 52.0 Å². The molecule has 0 saturated heterocycles. The Morgan fingerprint density at radius 1 is 1.47 bits per heavy atom. The second-order valence-electron chi connectivity index (χ2n) is 3.70. The second-order valence-corrected chi connectivity index (χ2v) is 3.70. The molecule has 0 saturated carbocycles. The van der Waals surface area contributed by atoms with Crippen molar-refractivity contribution in [2.24, 2.45) is 0 Å². The number of Topliss-reactive ketones (excluding diaryl/α,β-unsaturated/α-hetero) is 1. The normalized spacial score (nSPS) is 10.3. The van der Waals surface area contributed by atoms with Crippen molar-refractivity contribution < 1.29 is 4.79 Å². The Hall–Kier alpha value is -1.45. The molecular formula is C11H16N2O2. The molecule has 15 heavy (non-hydrogen) atoms. The van der Waals surface area contributed by atoms with Crippen molar-refractivity contribution in [2.45, 2.75) is 40.2 Å². The van der Waals surface area contributed by atoms with E-state index < -0.39 is 0 Å². The van der Waals surface area contributed by atoms with Gasteiger partial charge in [-0.25, -0.2) is 4.79 Å². The van der Waals surface area contributed by atoms with Gasteiger partial charge in [-0.15, -0.1) is 0 Å². The van der Waals surface area contributed by atoms with E-state index in [0.717, 1.165) is 12.1 Å². The number of rotatable bonds is 4. The number of ketones is 1. The lowest BCUT2D eigenvalue weighted by molar-refractivity contribution is -0.119. The smallest absolute Gasteiger partial charge is 0.298 e. The van der Waals surface area contributed by atoms with Crippen LogP contribution >= 0.6 is 0 Å². The van der Waals surface area contributed by atoms with E-state index in [1.54, 1.807) is 13.0 Å². The van der Waals surface area contributed by atoms with E-state index in [1.165, 1.54) is 4.57 Å². The lowest BCUT2D eigenvalue weighted by Crippen LogP contribution is -2.28. The van der Waals surface area contributed by atoms with Crippen LogP contribution in [0, 0.1) is 13.8 Å². The third-order valence-corrected chi connectivity index (χ3v) is 2.21. The van der Waals surface area contributed by atoms with E-state index >= 15 is 0 Å². The standard InChI is InChI=1S/C11H16N2O2/c1-4-5-10(14)7-13-9(3)6-8(2)12-11(13)15/h6H,4-5,7H2,1-3H3. The van der Waals surface area contributed by atoms with Crippen LogP contribution in [0.3, 0.4) is 0 Å². The Labute approximate surface area is 89.0 Å². The van der Waals surface area contributed by atoms with E-state index in [-0.39, 0.29) is 18.0 Å². The summed E-state index contributed by atoms with van der Waals surface area (Å²) in [5.74, 6) is 0.0772. The summed E-state index contributed by atoms with van der Waals surface area (Å²) < 4.78 is 1.42. The lowest BCUT2D eigenvalue weighted by Gasteiger charge is -2.08. The molecular weight excluding hydrogens is 192 g/mol. The molecule has 0 unspecified atom stereocenters. The highest BCUT2D eigenvalue weighted by molar-refractivity contribution is 5.78. The molecule has 0 aromatic carbocycles. The van der Waals surface area contributed by atoms with E-state index in [1.807, 2.05) is 13.8 Å². The van der Waals surface area contributed by atoms with Crippen molar-refractivity contribution >= 4 is 5.78 Å². The number of carbonyl (C=O) groups excluding carboxylic acids is 1. The van der Waals surface area contributed by atoms with Gasteiger partial charge in [0.15, 0.2) is 5.78 Å². The molecule has 0 spiro atoms. The summed E-state index contributed by atoms with van der Waals surface area (Å²) in [5, 5.41) is 0. The first-order valence-electron chi connectivity index (χ1n) is 5.11. The molecule has 0 aliphatic rings. The first-order valence-corrected chi connectivity index (χ1v) is 5.11. The molecule has 82 valence electrons.